The lowest BCUT2D eigenvalue weighted by atomic mass is 9.86. The highest BCUT2D eigenvalue weighted by atomic mass is 16.5. The van der Waals surface area contributed by atoms with Gasteiger partial charge in [0.1, 0.15) is 5.75 Å². The Balaban J connectivity index is 3.00. The number of nitrogens with one attached hydrogen (secondary N) is 1. The van der Waals surface area contributed by atoms with Crippen molar-refractivity contribution < 1.29 is 9.53 Å². The van der Waals surface area contributed by atoms with Crippen LogP contribution in [0.1, 0.15) is 53.5 Å². The molecule has 0 aliphatic heterocycles. The minimum atomic E-state index is -0.0288. The van der Waals surface area contributed by atoms with Crippen molar-refractivity contribution in [3.8, 4) is 5.75 Å². The predicted molar refractivity (Wildman–Crippen MR) is 84.4 cm³/mol. The number of anilines is 1. The molecule has 0 bridgehead atoms. The summed E-state index contributed by atoms with van der Waals surface area (Å²) in [5, 5.41) is 2.97. The zero-order valence-corrected chi connectivity index (χ0v) is 13.8. The number of amides is 1. The molecule has 0 spiro atoms. The number of benzene rings is 1. The van der Waals surface area contributed by atoms with E-state index in [4.69, 9.17) is 4.74 Å². The largest absolute Gasteiger partial charge is 0.495 e. The number of rotatable bonds is 3. The summed E-state index contributed by atoms with van der Waals surface area (Å²) in [6, 6.07) is 5.95. The molecule has 0 saturated carbocycles. The molecule has 3 heteroatoms. The molecule has 20 heavy (non-hydrogen) atoms. The van der Waals surface area contributed by atoms with E-state index >= 15 is 0 Å². The van der Waals surface area contributed by atoms with Gasteiger partial charge >= 0.3 is 0 Å². The van der Waals surface area contributed by atoms with E-state index < -0.39 is 0 Å². The molecule has 0 unspecified atom stereocenters. The van der Waals surface area contributed by atoms with Crippen LogP contribution in [0.5, 0.6) is 5.75 Å². The standard InChI is InChI=1S/C17H27NO2/c1-16(2,3)11-15(19)18-13-10-12(17(4,5)6)8-9-14(13)20-7/h8-10H,11H2,1-7H3,(H,18,19). The summed E-state index contributed by atoms with van der Waals surface area (Å²) in [6.07, 6.45) is 0.482. The maximum absolute atomic E-state index is 12.1. The van der Waals surface area contributed by atoms with Gasteiger partial charge in [-0.1, -0.05) is 47.6 Å². The Bertz CT molecular complexity index is 479. The lowest BCUT2D eigenvalue weighted by molar-refractivity contribution is -0.117. The Morgan fingerprint density at radius 2 is 1.75 bits per heavy atom. The molecule has 1 aromatic rings. The maximum Gasteiger partial charge on any atom is 0.224 e. The third kappa shape index (κ3) is 4.87. The third-order valence-corrected chi connectivity index (χ3v) is 3.03. The van der Waals surface area contributed by atoms with E-state index in [2.05, 4.69) is 46.9 Å². The average molecular weight is 277 g/mol. The van der Waals surface area contributed by atoms with Gasteiger partial charge in [0.15, 0.2) is 0 Å². The van der Waals surface area contributed by atoms with Gasteiger partial charge in [0.05, 0.1) is 12.8 Å². The number of hydrogen-bond donors (Lipinski definition) is 1. The summed E-state index contributed by atoms with van der Waals surface area (Å²) in [7, 11) is 1.62. The summed E-state index contributed by atoms with van der Waals surface area (Å²) in [6.45, 7) is 12.6. The maximum atomic E-state index is 12.1. The summed E-state index contributed by atoms with van der Waals surface area (Å²) < 4.78 is 5.33. The second kappa shape index (κ2) is 5.86. The molecule has 0 aliphatic rings. The zero-order chi connectivity index (χ0) is 15.6. The highest BCUT2D eigenvalue weighted by molar-refractivity contribution is 5.92. The Morgan fingerprint density at radius 1 is 1.15 bits per heavy atom. The van der Waals surface area contributed by atoms with Gasteiger partial charge in [-0.2, -0.15) is 0 Å². The first-order chi connectivity index (χ1) is 9.03. The van der Waals surface area contributed by atoms with Gasteiger partial charge in [0.2, 0.25) is 5.91 Å². The quantitative estimate of drug-likeness (QED) is 0.891. The molecule has 3 nitrogen and oxygen atoms in total. The van der Waals surface area contributed by atoms with Gasteiger partial charge in [-0.15, -0.1) is 0 Å². The summed E-state index contributed by atoms with van der Waals surface area (Å²) in [5.74, 6) is 0.710. The fourth-order valence-corrected chi connectivity index (χ4v) is 1.95. The molecule has 0 heterocycles. The summed E-state index contributed by atoms with van der Waals surface area (Å²) in [5.41, 5.74) is 1.92. The van der Waals surface area contributed by atoms with Gasteiger partial charge in [-0.25, -0.2) is 0 Å². The Hall–Kier alpha value is -1.51. The highest BCUT2D eigenvalue weighted by Crippen LogP contribution is 2.32. The minimum Gasteiger partial charge on any atom is -0.495 e. The first-order valence-corrected chi connectivity index (χ1v) is 7.01. The summed E-state index contributed by atoms with van der Waals surface area (Å²) in [4.78, 5) is 12.1. The molecule has 112 valence electrons. The topological polar surface area (TPSA) is 38.3 Å². The lowest BCUT2D eigenvalue weighted by Gasteiger charge is -2.22. The van der Waals surface area contributed by atoms with Gasteiger partial charge in [-0.3, -0.25) is 4.79 Å². The molecule has 0 aliphatic carbocycles. The fraction of sp³-hybridized carbons (Fsp3) is 0.588. The van der Waals surface area contributed by atoms with Crippen LogP contribution in [0, 0.1) is 5.41 Å². The van der Waals surface area contributed by atoms with Gasteiger partial charge in [0, 0.05) is 6.42 Å². The number of carbonyl (C=O) groups is 1. The van der Waals surface area contributed by atoms with E-state index in [1.54, 1.807) is 7.11 Å². The van der Waals surface area contributed by atoms with Crippen LogP contribution in [0.3, 0.4) is 0 Å². The Morgan fingerprint density at radius 3 is 2.20 bits per heavy atom. The molecule has 0 saturated heterocycles. The SMILES string of the molecule is COc1ccc(C(C)(C)C)cc1NC(=O)CC(C)(C)C. The molecule has 0 atom stereocenters. The molecule has 0 radical (unpaired) electrons. The minimum absolute atomic E-state index is 0.0156. The van der Waals surface area contributed by atoms with Crippen LogP contribution in [0.15, 0.2) is 18.2 Å². The summed E-state index contributed by atoms with van der Waals surface area (Å²) >= 11 is 0. The van der Waals surface area contributed by atoms with Crippen molar-refractivity contribution in [2.45, 2.75) is 53.4 Å². The van der Waals surface area contributed by atoms with Crippen molar-refractivity contribution >= 4 is 11.6 Å². The first kappa shape index (κ1) is 16.5. The molecule has 1 rings (SSSR count). The van der Waals surface area contributed by atoms with E-state index in [1.807, 2.05) is 18.2 Å². The van der Waals surface area contributed by atoms with Gasteiger partial charge in [-0.05, 0) is 28.5 Å². The van der Waals surface area contributed by atoms with Crippen molar-refractivity contribution in [1.29, 1.82) is 0 Å². The van der Waals surface area contributed by atoms with E-state index in [0.717, 1.165) is 5.69 Å². The predicted octanol–water partition coefficient (Wildman–Crippen LogP) is 4.37. The molecule has 0 aromatic heterocycles. The van der Waals surface area contributed by atoms with Crippen molar-refractivity contribution in [1.82, 2.24) is 0 Å². The fourth-order valence-electron chi connectivity index (χ4n) is 1.95. The Labute approximate surface area is 122 Å². The number of hydrogen-bond acceptors (Lipinski definition) is 2. The third-order valence-electron chi connectivity index (χ3n) is 3.03. The second-order valence-corrected chi connectivity index (χ2v) is 7.45. The van der Waals surface area contributed by atoms with Gasteiger partial charge in [0.25, 0.3) is 0 Å². The van der Waals surface area contributed by atoms with Crippen LogP contribution in [-0.2, 0) is 10.2 Å². The van der Waals surface area contributed by atoms with E-state index in [9.17, 15) is 4.79 Å². The van der Waals surface area contributed by atoms with Crippen LogP contribution < -0.4 is 10.1 Å². The molecular weight excluding hydrogens is 250 g/mol. The molecule has 1 N–H and O–H groups in total. The first-order valence-electron chi connectivity index (χ1n) is 7.01. The number of methoxy groups -OCH3 is 1. The molecular formula is C17H27NO2. The van der Waals surface area contributed by atoms with Crippen molar-refractivity contribution in [2.75, 3.05) is 12.4 Å². The zero-order valence-electron chi connectivity index (χ0n) is 13.8. The van der Waals surface area contributed by atoms with Crippen LogP contribution >= 0.6 is 0 Å². The Kier molecular flexibility index (Phi) is 4.85. The normalized spacial score (nSPS) is 12.2. The highest BCUT2D eigenvalue weighted by Gasteiger charge is 2.19. The molecule has 1 aromatic carbocycles. The molecule has 0 fully saturated rings. The second-order valence-electron chi connectivity index (χ2n) is 7.45. The monoisotopic (exact) mass is 277 g/mol. The lowest BCUT2D eigenvalue weighted by Crippen LogP contribution is -2.20. The van der Waals surface area contributed by atoms with Gasteiger partial charge < -0.3 is 10.1 Å². The van der Waals surface area contributed by atoms with E-state index in [-0.39, 0.29) is 16.7 Å². The van der Waals surface area contributed by atoms with Crippen molar-refractivity contribution in [3.05, 3.63) is 23.8 Å². The van der Waals surface area contributed by atoms with Crippen LogP contribution in [0.2, 0.25) is 0 Å². The van der Waals surface area contributed by atoms with Crippen LogP contribution in [-0.4, -0.2) is 13.0 Å². The number of carbonyl (C=O) groups excluding carboxylic acids is 1. The smallest absolute Gasteiger partial charge is 0.224 e. The van der Waals surface area contributed by atoms with Crippen LogP contribution in [0.4, 0.5) is 5.69 Å². The van der Waals surface area contributed by atoms with E-state index in [0.29, 0.717) is 12.2 Å². The van der Waals surface area contributed by atoms with Crippen molar-refractivity contribution in [2.24, 2.45) is 5.41 Å². The average Bonchev–Trinajstić information content (AvgIpc) is 2.24. The molecule has 1 amide bonds. The van der Waals surface area contributed by atoms with Crippen molar-refractivity contribution in [3.63, 3.8) is 0 Å². The van der Waals surface area contributed by atoms with Crippen LogP contribution in [0.25, 0.3) is 0 Å². The number of ether oxygens (including phenoxy) is 1. The van der Waals surface area contributed by atoms with E-state index in [1.165, 1.54) is 5.56 Å².